The predicted molar refractivity (Wildman–Crippen MR) is 138 cm³/mol. The second kappa shape index (κ2) is 10.6. The number of hydrogen-bond donors (Lipinski definition) is 0. The van der Waals surface area contributed by atoms with E-state index in [4.69, 9.17) is 9.47 Å². The van der Waals surface area contributed by atoms with E-state index in [1.807, 2.05) is 83.8 Å². The molecule has 8 nitrogen and oxygen atoms in total. The van der Waals surface area contributed by atoms with Crippen LogP contribution in [0.2, 0.25) is 0 Å². The van der Waals surface area contributed by atoms with Gasteiger partial charge in [-0.15, -0.1) is 5.10 Å². The molecule has 1 fully saturated rings. The van der Waals surface area contributed by atoms with Gasteiger partial charge < -0.3 is 14.4 Å². The van der Waals surface area contributed by atoms with Crippen LogP contribution < -0.4 is 9.47 Å². The number of carbonyl (C=O) groups is 1. The highest BCUT2D eigenvalue weighted by molar-refractivity contribution is 5.91. The summed E-state index contributed by atoms with van der Waals surface area (Å²) >= 11 is 0. The molecule has 3 aromatic carbocycles. The zero-order valence-corrected chi connectivity index (χ0v) is 20.5. The molecule has 1 amide bonds. The maximum atomic E-state index is 13.4. The Labute approximate surface area is 210 Å². The van der Waals surface area contributed by atoms with Gasteiger partial charge in [0, 0.05) is 43.9 Å². The van der Waals surface area contributed by atoms with Gasteiger partial charge in [-0.3, -0.25) is 9.69 Å². The van der Waals surface area contributed by atoms with E-state index < -0.39 is 0 Å². The average molecular weight is 484 g/mol. The standard InChI is InChI=1S/C28H29N5O3/c1-35-24-13-14-25(36-2)22(19-24)20-31-15-17-32(18-16-31)28(34)26-29-27(21-9-5-3-6-10-21)33(30-26)23-11-7-4-8-12-23/h3-14,19H,15-18,20H2,1-2H3. The van der Waals surface area contributed by atoms with Crippen LogP contribution in [0.5, 0.6) is 11.5 Å². The molecule has 0 aliphatic carbocycles. The second-order valence-corrected chi connectivity index (χ2v) is 8.62. The Morgan fingerprint density at radius 3 is 2.22 bits per heavy atom. The van der Waals surface area contributed by atoms with E-state index in [1.54, 1.807) is 18.9 Å². The molecule has 0 spiro atoms. The van der Waals surface area contributed by atoms with Crippen LogP contribution in [0.4, 0.5) is 0 Å². The maximum absolute atomic E-state index is 13.4. The molecule has 0 bridgehead atoms. The molecule has 0 saturated carbocycles. The Morgan fingerprint density at radius 1 is 0.861 bits per heavy atom. The van der Waals surface area contributed by atoms with Crippen molar-refractivity contribution in [2.75, 3.05) is 40.4 Å². The third-order valence-corrected chi connectivity index (χ3v) is 6.37. The number of carbonyl (C=O) groups excluding carboxylic acids is 1. The van der Waals surface area contributed by atoms with Crippen molar-refractivity contribution in [3.63, 3.8) is 0 Å². The number of amides is 1. The Hall–Kier alpha value is -4.17. The number of piperazine rings is 1. The zero-order chi connectivity index (χ0) is 24.9. The van der Waals surface area contributed by atoms with Gasteiger partial charge in [-0.2, -0.15) is 0 Å². The van der Waals surface area contributed by atoms with E-state index >= 15 is 0 Å². The monoisotopic (exact) mass is 483 g/mol. The van der Waals surface area contributed by atoms with E-state index in [0.717, 1.165) is 47.9 Å². The van der Waals surface area contributed by atoms with Gasteiger partial charge in [0.05, 0.1) is 19.9 Å². The minimum atomic E-state index is -0.152. The molecule has 2 heterocycles. The van der Waals surface area contributed by atoms with E-state index in [-0.39, 0.29) is 11.7 Å². The first kappa shape index (κ1) is 23.6. The van der Waals surface area contributed by atoms with Gasteiger partial charge in [-0.05, 0) is 30.3 Å². The minimum Gasteiger partial charge on any atom is -0.497 e. The number of hydrogen-bond acceptors (Lipinski definition) is 6. The highest BCUT2D eigenvalue weighted by atomic mass is 16.5. The number of benzene rings is 3. The van der Waals surface area contributed by atoms with Crippen molar-refractivity contribution in [3.8, 4) is 28.6 Å². The fourth-order valence-electron chi connectivity index (χ4n) is 4.42. The molecule has 5 rings (SSSR count). The molecule has 4 aromatic rings. The SMILES string of the molecule is COc1ccc(OC)c(CN2CCN(C(=O)c3nc(-c4ccccc4)n(-c4ccccc4)n3)CC2)c1. The number of rotatable bonds is 7. The van der Waals surface area contributed by atoms with E-state index in [2.05, 4.69) is 15.0 Å². The largest absolute Gasteiger partial charge is 0.497 e. The molecule has 1 aliphatic heterocycles. The molecule has 1 aliphatic rings. The van der Waals surface area contributed by atoms with Gasteiger partial charge in [-0.25, -0.2) is 9.67 Å². The molecular weight excluding hydrogens is 454 g/mol. The Balaban J connectivity index is 1.32. The first-order valence-corrected chi connectivity index (χ1v) is 12.0. The van der Waals surface area contributed by atoms with Crippen LogP contribution in [0.25, 0.3) is 17.1 Å². The lowest BCUT2D eigenvalue weighted by Crippen LogP contribution is -2.48. The third-order valence-electron chi connectivity index (χ3n) is 6.37. The summed E-state index contributed by atoms with van der Waals surface area (Å²) in [5, 5.41) is 4.63. The smallest absolute Gasteiger partial charge is 0.293 e. The van der Waals surface area contributed by atoms with Crippen molar-refractivity contribution in [1.82, 2.24) is 24.6 Å². The van der Waals surface area contributed by atoms with Crippen molar-refractivity contribution in [3.05, 3.63) is 90.3 Å². The zero-order valence-electron chi connectivity index (χ0n) is 20.5. The molecule has 0 N–H and O–H groups in total. The maximum Gasteiger partial charge on any atom is 0.293 e. The summed E-state index contributed by atoms with van der Waals surface area (Å²) < 4.78 is 12.6. The van der Waals surface area contributed by atoms with E-state index in [9.17, 15) is 4.79 Å². The van der Waals surface area contributed by atoms with E-state index in [0.29, 0.717) is 18.9 Å². The lowest BCUT2D eigenvalue weighted by molar-refractivity contribution is 0.0615. The van der Waals surface area contributed by atoms with Crippen molar-refractivity contribution >= 4 is 5.91 Å². The molecule has 0 atom stereocenters. The summed E-state index contributed by atoms with van der Waals surface area (Å²) in [6.45, 7) is 3.42. The minimum absolute atomic E-state index is 0.152. The lowest BCUT2D eigenvalue weighted by Gasteiger charge is -2.34. The summed E-state index contributed by atoms with van der Waals surface area (Å²) in [4.78, 5) is 22.2. The van der Waals surface area contributed by atoms with Gasteiger partial charge in [0.1, 0.15) is 11.5 Å². The van der Waals surface area contributed by atoms with Crippen LogP contribution in [0.15, 0.2) is 78.9 Å². The fourth-order valence-corrected chi connectivity index (χ4v) is 4.42. The topological polar surface area (TPSA) is 72.7 Å². The highest BCUT2D eigenvalue weighted by Gasteiger charge is 2.27. The molecule has 0 radical (unpaired) electrons. The summed E-state index contributed by atoms with van der Waals surface area (Å²) in [7, 11) is 3.33. The van der Waals surface area contributed by atoms with Gasteiger partial charge in [0.2, 0.25) is 5.82 Å². The van der Waals surface area contributed by atoms with Crippen molar-refractivity contribution in [2.45, 2.75) is 6.54 Å². The van der Waals surface area contributed by atoms with E-state index in [1.165, 1.54) is 0 Å². The first-order valence-electron chi connectivity index (χ1n) is 12.0. The number of aromatic nitrogens is 3. The summed E-state index contributed by atoms with van der Waals surface area (Å²) in [6.07, 6.45) is 0. The Bertz CT molecular complexity index is 1260. The summed E-state index contributed by atoms with van der Waals surface area (Å²) in [6, 6.07) is 25.4. The molecule has 1 aromatic heterocycles. The van der Waals surface area contributed by atoms with Gasteiger partial charge in [0.15, 0.2) is 5.82 Å². The molecule has 8 heteroatoms. The van der Waals surface area contributed by atoms with Crippen LogP contribution in [0, 0.1) is 0 Å². The predicted octanol–water partition coefficient (Wildman–Crippen LogP) is 3.91. The van der Waals surface area contributed by atoms with Crippen LogP contribution in [-0.2, 0) is 6.54 Å². The molecular formula is C28H29N5O3. The number of para-hydroxylation sites is 1. The van der Waals surface area contributed by atoms with Gasteiger partial charge >= 0.3 is 0 Å². The fraction of sp³-hybridized carbons (Fsp3) is 0.250. The average Bonchev–Trinajstić information content (AvgIpc) is 3.40. The second-order valence-electron chi connectivity index (χ2n) is 8.62. The molecule has 36 heavy (non-hydrogen) atoms. The van der Waals surface area contributed by atoms with Crippen LogP contribution in [0.1, 0.15) is 16.2 Å². The highest BCUT2D eigenvalue weighted by Crippen LogP contribution is 2.26. The molecule has 0 unspecified atom stereocenters. The number of methoxy groups -OCH3 is 2. The number of ether oxygens (including phenoxy) is 2. The summed E-state index contributed by atoms with van der Waals surface area (Å²) in [5.41, 5.74) is 2.83. The quantitative estimate of drug-likeness (QED) is 0.397. The van der Waals surface area contributed by atoms with Crippen LogP contribution in [0.3, 0.4) is 0 Å². The van der Waals surface area contributed by atoms with Crippen molar-refractivity contribution < 1.29 is 14.3 Å². The third kappa shape index (κ3) is 4.94. The Kier molecular flexibility index (Phi) is 6.95. The normalized spacial score (nSPS) is 14.0. The molecule has 1 saturated heterocycles. The lowest BCUT2D eigenvalue weighted by atomic mass is 10.1. The van der Waals surface area contributed by atoms with Gasteiger partial charge in [0.25, 0.3) is 5.91 Å². The Morgan fingerprint density at radius 2 is 1.56 bits per heavy atom. The van der Waals surface area contributed by atoms with Crippen LogP contribution >= 0.6 is 0 Å². The first-order chi connectivity index (χ1) is 17.7. The molecule has 184 valence electrons. The van der Waals surface area contributed by atoms with Crippen molar-refractivity contribution in [1.29, 1.82) is 0 Å². The van der Waals surface area contributed by atoms with Gasteiger partial charge in [-0.1, -0.05) is 48.5 Å². The number of nitrogens with zero attached hydrogens (tertiary/aromatic N) is 5. The van der Waals surface area contributed by atoms with Crippen molar-refractivity contribution in [2.24, 2.45) is 0 Å². The summed E-state index contributed by atoms with van der Waals surface area (Å²) in [5.74, 6) is 2.34. The van der Waals surface area contributed by atoms with Crippen LogP contribution in [-0.4, -0.2) is 70.9 Å².